The Labute approximate surface area is 130 Å². The monoisotopic (exact) mass is 317 g/mol. The molecule has 3 aromatic rings. The summed E-state index contributed by atoms with van der Waals surface area (Å²) in [6, 6.07) is 10.6. The van der Waals surface area contributed by atoms with Crippen LogP contribution in [0.1, 0.15) is 5.56 Å². The fourth-order valence-electron chi connectivity index (χ4n) is 2.02. The molecule has 3 nitrogen and oxygen atoms in total. The molecule has 1 heterocycles. The summed E-state index contributed by atoms with van der Waals surface area (Å²) in [7, 11) is 0. The first-order valence-corrected chi connectivity index (χ1v) is 6.80. The third kappa shape index (κ3) is 2.89. The zero-order valence-electron chi connectivity index (χ0n) is 11.2. The molecule has 0 atom stereocenters. The number of fused-ring (bicyclic) bond motifs is 1. The van der Waals surface area contributed by atoms with Crippen LogP contribution in [-0.4, -0.2) is 11.2 Å². The van der Waals surface area contributed by atoms with E-state index in [-0.39, 0.29) is 5.56 Å². The molecule has 1 aromatic heterocycles. The lowest BCUT2D eigenvalue weighted by Gasteiger charge is -2.05. The predicted octanol–water partition coefficient (Wildman–Crippen LogP) is 4.61. The molecule has 3 rings (SSSR count). The van der Waals surface area contributed by atoms with Crippen molar-refractivity contribution in [2.75, 3.05) is 5.43 Å². The highest BCUT2D eigenvalue weighted by Gasteiger charge is 2.05. The Bertz CT molecular complexity index is 845. The van der Waals surface area contributed by atoms with Crippen LogP contribution in [0.2, 0.25) is 5.02 Å². The first-order valence-electron chi connectivity index (χ1n) is 6.42. The number of halogens is 3. The van der Waals surface area contributed by atoms with E-state index < -0.39 is 11.6 Å². The van der Waals surface area contributed by atoms with Gasteiger partial charge in [-0.05, 0) is 36.4 Å². The first kappa shape index (κ1) is 14.4. The van der Waals surface area contributed by atoms with Crippen molar-refractivity contribution in [3.05, 3.63) is 70.9 Å². The van der Waals surface area contributed by atoms with Gasteiger partial charge in [-0.3, -0.25) is 10.4 Å². The maximum absolute atomic E-state index is 13.5. The van der Waals surface area contributed by atoms with Crippen LogP contribution in [-0.2, 0) is 0 Å². The summed E-state index contributed by atoms with van der Waals surface area (Å²) >= 11 is 5.92. The molecule has 1 N–H and O–H groups in total. The van der Waals surface area contributed by atoms with Crippen molar-refractivity contribution < 1.29 is 8.78 Å². The van der Waals surface area contributed by atoms with E-state index in [1.165, 1.54) is 18.2 Å². The number of hydrazone groups is 1. The molecule has 0 aliphatic carbocycles. The molecule has 0 aliphatic heterocycles. The average molecular weight is 318 g/mol. The first-order chi connectivity index (χ1) is 10.6. The van der Waals surface area contributed by atoms with E-state index in [9.17, 15) is 8.78 Å². The molecular formula is C16H10ClF2N3. The predicted molar refractivity (Wildman–Crippen MR) is 84.3 cm³/mol. The van der Waals surface area contributed by atoms with Gasteiger partial charge in [0.05, 0.1) is 23.0 Å². The number of anilines is 1. The van der Waals surface area contributed by atoms with Crippen molar-refractivity contribution in [1.29, 1.82) is 0 Å². The summed E-state index contributed by atoms with van der Waals surface area (Å²) in [5.74, 6) is -1.34. The minimum atomic E-state index is -0.670. The highest BCUT2D eigenvalue weighted by Crippen LogP contribution is 2.24. The third-order valence-corrected chi connectivity index (χ3v) is 3.32. The molecule has 110 valence electrons. The number of rotatable bonds is 3. The molecule has 0 bridgehead atoms. The van der Waals surface area contributed by atoms with Gasteiger partial charge in [-0.2, -0.15) is 5.10 Å². The topological polar surface area (TPSA) is 37.3 Å². The third-order valence-electron chi connectivity index (χ3n) is 3.08. The fourth-order valence-corrected chi connectivity index (χ4v) is 2.19. The molecule has 0 fully saturated rings. The lowest BCUT2D eigenvalue weighted by atomic mass is 10.2. The summed E-state index contributed by atoms with van der Waals surface area (Å²) in [5, 5.41) is 5.27. The van der Waals surface area contributed by atoms with Crippen molar-refractivity contribution >= 4 is 34.4 Å². The van der Waals surface area contributed by atoms with Crippen LogP contribution < -0.4 is 5.43 Å². The van der Waals surface area contributed by atoms with Gasteiger partial charge in [0, 0.05) is 16.6 Å². The lowest BCUT2D eigenvalue weighted by molar-refractivity contribution is 0.580. The van der Waals surface area contributed by atoms with Crippen molar-refractivity contribution in [2.45, 2.75) is 0 Å². The van der Waals surface area contributed by atoms with Crippen LogP contribution in [0.25, 0.3) is 10.9 Å². The number of aromatic nitrogens is 1. The quantitative estimate of drug-likeness (QED) is 0.565. The second-order valence-corrected chi connectivity index (χ2v) is 4.96. The normalized spacial score (nSPS) is 11.2. The van der Waals surface area contributed by atoms with Crippen molar-refractivity contribution in [3.63, 3.8) is 0 Å². The van der Waals surface area contributed by atoms with E-state index in [0.717, 1.165) is 11.6 Å². The number of benzene rings is 2. The van der Waals surface area contributed by atoms with Gasteiger partial charge in [0.15, 0.2) is 0 Å². The van der Waals surface area contributed by atoms with Gasteiger partial charge < -0.3 is 0 Å². The molecule has 0 aliphatic rings. The molecular weight excluding hydrogens is 308 g/mol. The van der Waals surface area contributed by atoms with E-state index in [4.69, 9.17) is 11.6 Å². The molecule has 0 radical (unpaired) electrons. The Morgan fingerprint density at radius 3 is 2.64 bits per heavy atom. The largest absolute Gasteiger partial charge is 0.278 e. The van der Waals surface area contributed by atoms with Crippen molar-refractivity contribution in [1.82, 2.24) is 4.98 Å². The van der Waals surface area contributed by atoms with Gasteiger partial charge in [0.2, 0.25) is 0 Å². The molecule has 0 saturated carbocycles. The second-order valence-electron chi connectivity index (χ2n) is 4.53. The highest BCUT2D eigenvalue weighted by molar-refractivity contribution is 6.31. The minimum absolute atomic E-state index is 0.198. The maximum atomic E-state index is 13.5. The Balaban J connectivity index is 1.90. The average Bonchev–Trinajstić information content (AvgIpc) is 2.50. The summed E-state index contributed by atoms with van der Waals surface area (Å²) in [6.45, 7) is 0. The van der Waals surface area contributed by atoms with Crippen LogP contribution in [0.5, 0.6) is 0 Å². The minimum Gasteiger partial charge on any atom is -0.278 e. The van der Waals surface area contributed by atoms with Crippen LogP contribution >= 0.6 is 11.6 Å². The zero-order valence-corrected chi connectivity index (χ0v) is 12.0. The van der Waals surface area contributed by atoms with Gasteiger partial charge in [0.1, 0.15) is 11.6 Å². The summed E-state index contributed by atoms with van der Waals surface area (Å²) < 4.78 is 27.0. The number of hydrogen-bond acceptors (Lipinski definition) is 3. The molecule has 6 heteroatoms. The molecule has 0 spiro atoms. The summed E-state index contributed by atoms with van der Waals surface area (Å²) in [6.07, 6.45) is 2.70. The summed E-state index contributed by atoms with van der Waals surface area (Å²) in [5.41, 5.74) is 3.93. The maximum Gasteiger partial charge on any atom is 0.134 e. The zero-order chi connectivity index (χ0) is 15.5. The molecule has 0 amide bonds. The molecule has 22 heavy (non-hydrogen) atoms. The Morgan fingerprint density at radius 1 is 1.09 bits per heavy atom. The van der Waals surface area contributed by atoms with E-state index in [1.807, 2.05) is 0 Å². The Kier molecular flexibility index (Phi) is 3.98. The second kappa shape index (κ2) is 6.07. The molecule has 0 saturated heterocycles. The standard InChI is InChI=1S/C16H10ClF2N3/c17-10-4-5-11-15(6-7-20-16(11)8-10)22-21-9-12-13(18)2-1-3-14(12)19/h1-9H,(H,20,22)/b21-9-. The van der Waals surface area contributed by atoms with Gasteiger partial charge in [-0.1, -0.05) is 17.7 Å². The number of pyridine rings is 1. The van der Waals surface area contributed by atoms with E-state index >= 15 is 0 Å². The van der Waals surface area contributed by atoms with Gasteiger partial charge in [-0.15, -0.1) is 0 Å². The van der Waals surface area contributed by atoms with E-state index in [0.29, 0.717) is 16.2 Å². The number of nitrogens with one attached hydrogen (secondary N) is 1. The Hall–Kier alpha value is -2.53. The Morgan fingerprint density at radius 2 is 1.86 bits per heavy atom. The van der Waals surface area contributed by atoms with E-state index in [1.54, 1.807) is 30.5 Å². The van der Waals surface area contributed by atoms with Gasteiger partial charge in [0.25, 0.3) is 0 Å². The number of nitrogens with zero attached hydrogens (tertiary/aromatic N) is 2. The smallest absolute Gasteiger partial charge is 0.134 e. The van der Waals surface area contributed by atoms with Crippen molar-refractivity contribution in [3.8, 4) is 0 Å². The highest BCUT2D eigenvalue weighted by atomic mass is 35.5. The number of hydrogen-bond donors (Lipinski definition) is 1. The van der Waals surface area contributed by atoms with Gasteiger partial charge in [-0.25, -0.2) is 8.78 Å². The van der Waals surface area contributed by atoms with Crippen molar-refractivity contribution in [2.24, 2.45) is 5.10 Å². The van der Waals surface area contributed by atoms with Crippen LogP contribution in [0.15, 0.2) is 53.8 Å². The van der Waals surface area contributed by atoms with E-state index in [2.05, 4.69) is 15.5 Å². The SMILES string of the molecule is Fc1cccc(F)c1/C=N\Nc1ccnc2cc(Cl)ccc12. The van der Waals surface area contributed by atoms with Gasteiger partial charge >= 0.3 is 0 Å². The molecule has 0 unspecified atom stereocenters. The fraction of sp³-hybridized carbons (Fsp3) is 0. The van der Waals surface area contributed by atoms with Crippen LogP contribution in [0.3, 0.4) is 0 Å². The molecule has 2 aromatic carbocycles. The summed E-state index contributed by atoms with van der Waals surface area (Å²) in [4.78, 5) is 4.20. The van der Waals surface area contributed by atoms with Crippen LogP contribution in [0.4, 0.5) is 14.5 Å². The van der Waals surface area contributed by atoms with Crippen LogP contribution in [0, 0.1) is 11.6 Å². The lowest BCUT2D eigenvalue weighted by Crippen LogP contribution is -1.97.